The first-order valence-electron chi connectivity index (χ1n) is 5.24. The highest BCUT2D eigenvalue weighted by atomic mass is 32.2. The van der Waals surface area contributed by atoms with Crippen molar-refractivity contribution < 1.29 is 9.90 Å². The first kappa shape index (κ1) is 11.9. The van der Waals surface area contributed by atoms with Gasteiger partial charge in [0, 0.05) is 22.3 Å². The Morgan fingerprint density at radius 3 is 3.12 bits per heavy atom. The molecule has 86 valence electrons. The fourth-order valence-electron chi connectivity index (χ4n) is 1.70. The lowest BCUT2D eigenvalue weighted by molar-refractivity contribution is -0.136. The molecule has 4 heteroatoms. The van der Waals surface area contributed by atoms with Crippen molar-refractivity contribution in [2.24, 2.45) is 0 Å². The molecule has 0 saturated carbocycles. The number of aliphatic carboxylic acids is 1. The fraction of sp³-hybridized carbons (Fsp3) is 0.417. The fourth-order valence-corrected chi connectivity index (χ4v) is 4.06. The average Bonchev–Trinajstić information content (AvgIpc) is 2.69. The summed E-state index contributed by atoms with van der Waals surface area (Å²) in [6.45, 7) is 1.75. The number of carboxylic acid groups (broad SMARTS) is 1. The third-order valence-corrected chi connectivity index (χ3v) is 5.24. The van der Waals surface area contributed by atoms with Crippen molar-refractivity contribution >= 4 is 29.5 Å². The molecule has 16 heavy (non-hydrogen) atoms. The third kappa shape index (κ3) is 2.55. The quantitative estimate of drug-likeness (QED) is 0.896. The Labute approximate surface area is 104 Å². The Morgan fingerprint density at radius 1 is 1.62 bits per heavy atom. The second-order valence-electron chi connectivity index (χ2n) is 3.86. The van der Waals surface area contributed by atoms with E-state index >= 15 is 0 Å². The minimum Gasteiger partial charge on any atom is -0.480 e. The molecule has 0 radical (unpaired) electrons. The van der Waals surface area contributed by atoms with Crippen LogP contribution in [0, 0.1) is 0 Å². The second-order valence-corrected chi connectivity index (χ2v) is 6.30. The summed E-state index contributed by atoms with van der Waals surface area (Å²) < 4.78 is 0. The molecule has 1 aliphatic rings. The van der Waals surface area contributed by atoms with Gasteiger partial charge in [-0.2, -0.15) is 0 Å². The van der Waals surface area contributed by atoms with E-state index in [0.717, 1.165) is 11.5 Å². The first-order chi connectivity index (χ1) is 7.68. The Hall–Kier alpha value is -0.610. The van der Waals surface area contributed by atoms with Crippen molar-refractivity contribution in [3.8, 4) is 0 Å². The Bertz CT molecular complexity index is 392. The Morgan fingerprint density at radius 2 is 2.38 bits per heavy atom. The number of thioether (sulfide) groups is 2. The molecule has 1 aromatic carbocycles. The van der Waals surface area contributed by atoms with Crippen LogP contribution < -0.4 is 0 Å². The van der Waals surface area contributed by atoms with Gasteiger partial charge < -0.3 is 5.11 Å². The minimum atomic E-state index is -0.719. The van der Waals surface area contributed by atoms with Crippen LogP contribution in [0.1, 0.15) is 18.4 Å². The van der Waals surface area contributed by atoms with Crippen LogP contribution in [0.25, 0.3) is 0 Å². The van der Waals surface area contributed by atoms with Gasteiger partial charge in [0.05, 0.1) is 5.25 Å². The maximum absolute atomic E-state index is 10.7. The van der Waals surface area contributed by atoms with E-state index in [0.29, 0.717) is 5.92 Å². The maximum Gasteiger partial charge on any atom is 0.316 e. The number of hydrogen-bond acceptors (Lipinski definition) is 3. The van der Waals surface area contributed by atoms with Crippen LogP contribution in [0.3, 0.4) is 0 Å². The van der Waals surface area contributed by atoms with E-state index in [1.165, 1.54) is 22.2 Å². The van der Waals surface area contributed by atoms with Crippen LogP contribution in [0.4, 0.5) is 0 Å². The summed E-state index contributed by atoms with van der Waals surface area (Å²) in [7, 11) is 0. The normalized spacial score (nSPS) is 20.4. The molecule has 0 spiro atoms. The second kappa shape index (κ2) is 5.15. The van der Waals surface area contributed by atoms with Gasteiger partial charge in [-0.05, 0) is 18.6 Å². The van der Waals surface area contributed by atoms with E-state index in [9.17, 15) is 4.79 Å². The number of carbonyl (C=O) groups is 1. The highest BCUT2D eigenvalue weighted by Crippen LogP contribution is 2.41. The van der Waals surface area contributed by atoms with Gasteiger partial charge in [-0.15, -0.1) is 23.5 Å². The van der Waals surface area contributed by atoms with Gasteiger partial charge in [0.25, 0.3) is 0 Å². The van der Waals surface area contributed by atoms with Gasteiger partial charge in [-0.25, -0.2) is 0 Å². The average molecular weight is 254 g/mol. The summed E-state index contributed by atoms with van der Waals surface area (Å²) >= 11 is 3.41. The number of benzene rings is 1. The van der Waals surface area contributed by atoms with Gasteiger partial charge in [0.2, 0.25) is 0 Å². The molecule has 0 saturated heterocycles. The van der Waals surface area contributed by atoms with Crippen molar-refractivity contribution in [3.63, 3.8) is 0 Å². The maximum atomic E-state index is 10.7. The monoisotopic (exact) mass is 254 g/mol. The van der Waals surface area contributed by atoms with Crippen molar-refractivity contribution in [1.29, 1.82) is 0 Å². The number of fused-ring (bicyclic) bond motifs is 1. The minimum absolute atomic E-state index is 0.308. The molecular weight excluding hydrogens is 240 g/mol. The van der Waals surface area contributed by atoms with Gasteiger partial charge in [-0.3, -0.25) is 4.79 Å². The molecular formula is C12H14O2S2. The Balaban J connectivity index is 1.96. The summed E-state index contributed by atoms with van der Waals surface area (Å²) in [5, 5.41) is 8.52. The predicted octanol–water partition coefficient (Wildman–Crippen LogP) is 3.08. The largest absolute Gasteiger partial charge is 0.480 e. The summed E-state index contributed by atoms with van der Waals surface area (Å²) in [6, 6.07) is 8.42. The van der Waals surface area contributed by atoms with Crippen molar-refractivity contribution in [2.75, 3.05) is 11.5 Å². The van der Waals surface area contributed by atoms with E-state index < -0.39 is 5.97 Å². The molecule has 2 unspecified atom stereocenters. The molecule has 0 aliphatic carbocycles. The SMILES string of the molecule is CC(SCC1CSc2ccccc21)C(=O)O. The van der Waals surface area contributed by atoms with Crippen LogP contribution in [0.2, 0.25) is 0 Å². The molecule has 1 N–H and O–H groups in total. The summed E-state index contributed by atoms with van der Waals surface area (Å²) in [4.78, 5) is 12.1. The highest BCUT2D eigenvalue weighted by molar-refractivity contribution is 8.01. The standard InChI is InChI=1S/C12H14O2S2/c1-8(12(13)14)15-6-9-7-16-11-5-3-2-4-10(9)11/h2-5,8-9H,6-7H2,1H3,(H,13,14). The summed E-state index contributed by atoms with van der Waals surface area (Å²) in [6.07, 6.45) is 0. The molecule has 1 aliphatic heterocycles. The van der Waals surface area contributed by atoms with E-state index in [-0.39, 0.29) is 5.25 Å². The predicted molar refractivity (Wildman–Crippen MR) is 69.5 cm³/mol. The van der Waals surface area contributed by atoms with Crippen LogP contribution in [0.15, 0.2) is 29.2 Å². The van der Waals surface area contributed by atoms with E-state index in [1.54, 1.807) is 6.92 Å². The van der Waals surface area contributed by atoms with Gasteiger partial charge in [-0.1, -0.05) is 18.2 Å². The molecule has 0 bridgehead atoms. The van der Waals surface area contributed by atoms with Gasteiger partial charge >= 0.3 is 5.97 Å². The molecule has 0 amide bonds. The van der Waals surface area contributed by atoms with Gasteiger partial charge in [0.15, 0.2) is 0 Å². The molecule has 2 nitrogen and oxygen atoms in total. The van der Waals surface area contributed by atoms with Gasteiger partial charge in [0.1, 0.15) is 0 Å². The van der Waals surface area contributed by atoms with E-state index in [2.05, 4.69) is 24.3 Å². The lowest BCUT2D eigenvalue weighted by atomic mass is 10.0. The zero-order valence-corrected chi connectivity index (χ0v) is 10.7. The third-order valence-electron chi connectivity index (χ3n) is 2.69. The number of hydrogen-bond donors (Lipinski definition) is 1. The van der Waals surface area contributed by atoms with Crippen LogP contribution >= 0.6 is 23.5 Å². The summed E-state index contributed by atoms with van der Waals surface area (Å²) in [5.74, 6) is 1.77. The van der Waals surface area contributed by atoms with Crippen LogP contribution in [0.5, 0.6) is 0 Å². The number of carboxylic acids is 1. The highest BCUT2D eigenvalue weighted by Gasteiger charge is 2.24. The van der Waals surface area contributed by atoms with Crippen molar-refractivity contribution in [3.05, 3.63) is 29.8 Å². The summed E-state index contributed by atoms with van der Waals surface area (Å²) in [5.41, 5.74) is 1.39. The zero-order chi connectivity index (χ0) is 11.5. The van der Waals surface area contributed by atoms with E-state index in [4.69, 9.17) is 5.11 Å². The molecule has 0 fully saturated rings. The lowest BCUT2D eigenvalue weighted by Gasteiger charge is -2.12. The molecule has 1 heterocycles. The van der Waals surface area contributed by atoms with Crippen LogP contribution in [-0.4, -0.2) is 27.8 Å². The Kier molecular flexibility index (Phi) is 3.82. The number of rotatable bonds is 4. The van der Waals surface area contributed by atoms with Crippen LogP contribution in [-0.2, 0) is 4.79 Å². The lowest BCUT2D eigenvalue weighted by Crippen LogP contribution is -2.14. The zero-order valence-electron chi connectivity index (χ0n) is 9.05. The van der Waals surface area contributed by atoms with Crippen molar-refractivity contribution in [1.82, 2.24) is 0 Å². The first-order valence-corrected chi connectivity index (χ1v) is 7.28. The molecule has 2 atom stereocenters. The van der Waals surface area contributed by atoms with E-state index in [1.807, 2.05) is 11.8 Å². The smallest absolute Gasteiger partial charge is 0.316 e. The molecule has 1 aromatic rings. The molecule has 2 rings (SSSR count). The topological polar surface area (TPSA) is 37.3 Å². The van der Waals surface area contributed by atoms with Crippen molar-refractivity contribution in [2.45, 2.75) is 23.0 Å². The molecule has 0 aromatic heterocycles.